The van der Waals surface area contributed by atoms with E-state index in [1.165, 1.54) is 14.7 Å². The third kappa shape index (κ3) is 5.69. The molecule has 1 aliphatic heterocycles. The van der Waals surface area contributed by atoms with E-state index in [9.17, 15) is 0 Å². The monoisotopic (exact) mass is 584 g/mol. The lowest BCUT2D eigenvalue weighted by atomic mass is 9.97. The van der Waals surface area contributed by atoms with E-state index in [1.807, 2.05) is 30.3 Å². The normalized spacial score (nSPS) is 18.2. The predicted octanol–water partition coefficient (Wildman–Crippen LogP) is 7.92. The molecule has 0 amide bonds. The average molecular weight is 586 g/mol. The van der Waals surface area contributed by atoms with Crippen LogP contribution < -0.4 is 4.90 Å². The fourth-order valence-electron chi connectivity index (χ4n) is 4.26. The third-order valence-electron chi connectivity index (χ3n) is 5.91. The van der Waals surface area contributed by atoms with E-state index in [1.54, 1.807) is 0 Å². The third-order valence-corrected chi connectivity index (χ3v) is 7.42. The van der Waals surface area contributed by atoms with Crippen molar-refractivity contribution in [1.29, 1.82) is 0 Å². The Balaban J connectivity index is 1.58. The Morgan fingerprint density at radius 2 is 1.58 bits per heavy atom. The minimum absolute atomic E-state index is 0.189. The standard InChI is InChI=1S/C25H24Cl3IN2/c1-17(18-4-9-22(29)10-5-18)15-30-12-13-31(24-11-8-21(27)14-23(24)28)25(16-30)19-2-6-20(26)7-3-19/h2-11,14,17,25H,12-13,15-16H2,1H3/t17-,25?/m0/s1. The van der Waals surface area contributed by atoms with Crippen LogP contribution in [0.2, 0.25) is 15.1 Å². The van der Waals surface area contributed by atoms with E-state index in [2.05, 4.69) is 75.7 Å². The van der Waals surface area contributed by atoms with E-state index in [0.717, 1.165) is 36.9 Å². The highest BCUT2D eigenvalue weighted by Gasteiger charge is 2.30. The Morgan fingerprint density at radius 1 is 0.903 bits per heavy atom. The first-order valence-corrected chi connectivity index (χ1v) is 12.6. The summed E-state index contributed by atoms with van der Waals surface area (Å²) >= 11 is 21.3. The van der Waals surface area contributed by atoms with Crippen LogP contribution in [0.15, 0.2) is 66.7 Å². The molecule has 1 saturated heterocycles. The molecule has 0 saturated carbocycles. The molecule has 0 N–H and O–H groups in total. The largest absolute Gasteiger partial charge is 0.361 e. The molecule has 6 heteroatoms. The summed E-state index contributed by atoms with van der Waals surface area (Å²) in [6, 6.07) is 23.0. The van der Waals surface area contributed by atoms with E-state index in [0.29, 0.717) is 16.0 Å². The predicted molar refractivity (Wildman–Crippen MR) is 142 cm³/mol. The summed E-state index contributed by atoms with van der Waals surface area (Å²) < 4.78 is 1.27. The van der Waals surface area contributed by atoms with Gasteiger partial charge < -0.3 is 4.90 Å². The summed E-state index contributed by atoms with van der Waals surface area (Å²) in [5.41, 5.74) is 3.64. The van der Waals surface area contributed by atoms with Gasteiger partial charge in [-0.2, -0.15) is 0 Å². The van der Waals surface area contributed by atoms with Gasteiger partial charge in [-0.15, -0.1) is 0 Å². The molecule has 1 heterocycles. The van der Waals surface area contributed by atoms with Crippen molar-refractivity contribution in [1.82, 2.24) is 4.90 Å². The van der Waals surface area contributed by atoms with Crippen molar-refractivity contribution < 1.29 is 0 Å². The highest BCUT2D eigenvalue weighted by molar-refractivity contribution is 14.1. The number of benzene rings is 3. The minimum Gasteiger partial charge on any atom is -0.361 e. The summed E-state index contributed by atoms with van der Waals surface area (Å²) in [6.45, 7) is 6.13. The topological polar surface area (TPSA) is 6.48 Å². The SMILES string of the molecule is C[C@@H](CN1CCN(c2ccc(Cl)cc2Cl)C(c2ccc(Cl)cc2)C1)c1ccc(I)cc1. The number of anilines is 1. The second kappa shape index (κ2) is 10.3. The molecule has 1 unspecified atom stereocenters. The fraction of sp³-hybridized carbons (Fsp3) is 0.280. The second-order valence-electron chi connectivity index (χ2n) is 8.07. The molecule has 0 aliphatic carbocycles. The smallest absolute Gasteiger partial charge is 0.0670 e. The number of hydrogen-bond acceptors (Lipinski definition) is 2. The average Bonchev–Trinajstić information content (AvgIpc) is 2.75. The maximum atomic E-state index is 6.59. The van der Waals surface area contributed by atoms with E-state index in [4.69, 9.17) is 34.8 Å². The van der Waals surface area contributed by atoms with Gasteiger partial charge in [0.15, 0.2) is 0 Å². The van der Waals surface area contributed by atoms with E-state index in [-0.39, 0.29) is 6.04 Å². The Kier molecular flexibility index (Phi) is 7.71. The number of piperazine rings is 1. The van der Waals surface area contributed by atoms with Gasteiger partial charge in [0.1, 0.15) is 0 Å². The molecule has 162 valence electrons. The lowest BCUT2D eigenvalue weighted by Crippen LogP contribution is -2.49. The molecule has 2 nitrogen and oxygen atoms in total. The van der Waals surface area contributed by atoms with Crippen molar-refractivity contribution in [3.05, 3.63) is 96.5 Å². The Bertz CT molecular complexity index is 1020. The maximum Gasteiger partial charge on any atom is 0.0670 e. The first-order valence-electron chi connectivity index (χ1n) is 10.4. The molecule has 0 aromatic heterocycles. The van der Waals surface area contributed by atoms with Gasteiger partial charge in [-0.1, -0.05) is 66.0 Å². The fourth-order valence-corrected chi connectivity index (χ4v) is 5.26. The first kappa shape index (κ1) is 23.2. The van der Waals surface area contributed by atoms with Crippen molar-refractivity contribution in [3.63, 3.8) is 0 Å². The highest BCUT2D eigenvalue weighted by Crippen LogP contribution is 2.37. The molecule has 0 spiro atoms. The summed E-state index contributed by atoms with van der Waals surface area (Å²) in [6.07, 6.45) is 0. The van der Waals surface area contributed by atoms with Gasteiger partial charge in [0.25, 0.3) is 0 Å². The van der Waals surface area contributed by atoms with Crippen molar-refractivity contribution in [2.45, 2.75) is 18.9 Å². The van der Waals surface area contributed by atoms with Crippen molar-refractivity contribution in [3.8, 4) is 0 Å². The van der Waals surface area contributed by atoms with Crippen molar-refractivity contribution in [2.24, 2.45) is 0 Å². The van der Waals surface area contributed by atoms with E-state index < -0.39 is 0 Å². The Morgan fingerprint density at radius 3 is 2.26 bits per heavy atom. The maximum absolute atomic E-state index is 6.59. The number of nitrogens with zero attached hydrogens (tertiary/aromatic N) is 2. The number of hydrogen-bond donors (Lipinski definition) is 0. The second-order valence-corrected chi connectivity index (χ2v) is 10.6. The lowest BCUT2D eigenvalue weighted by Gasteiger charge is -2.44. The molecule has 3 aromatic rings. The van der Waals surface area contributed by atoms with Gasteiger partial charge in [0.2, 0.25) is 0 Å². The summed E-state index contributed by atoms with van der Waals surface area (Å²) in [4.78, 5) is 4.95. The molecule has 4 rings (SSSR count). The van der Waals surface area contributed by atoms with Crippen molar-refractivity contribution >= 4 is 63.1 Å². The summed E-state index contributed by atoms with van der Waals surface area (Å²) in [5, 5.41) is 2.09. The first-order chi connectivity index (χ1) is 14.9. The quantitative estimate of drug-likeness (QED) is 0.281. The lowest BCUT2D eigenvalue weighted by molar-refractivity contribution is 0.214. The summed E-state index contributed by atoms with van der Waals surface area (Å²) in [5.74, 6) is 0.466. The summed E-state index contributed by atoms with van der Waals surface area (Å²) in [7, 11) is 0. The molecular weight excluding hydrogens is 562 g/mol. The van der Waals surface area contributed by atoms with Crippen LogP contribution in [-0.2, 0) is 0 Å². The number of rotatable bonds is 5. The van der Waals surface area contributed by atoms with Crippen LogP contribution in [0, 0.1) is 3.57 Å². The molecule has 1 fully saturated rings. The highest BCUT2D eigenvalue weighted by atomic mass is 127. The van der Waals surface area contributed by atoms with Crippen LogP contribution >= 0.6 is 57.4 Å². The van der Waals surface area contributed by atoms with Gasteiger partial charge in [-0.25, -0.2) is 0 Å². The van der Waals surface area contributed by atoms with Crippen LogP contribution in [-0.4, -0.2) is 31.1 Å². The number of halogens is 4. The molecule has 31 heavy (non-hydrogen) atoms. The van der Waals surface area contributed by atoms with Crippen LogP contribution in [0.25, 0.3) is 0 Å². The minimum atomic E-state index is 0.189. The molecule has 1 aliphatic rings. The zero-order chi connectivity index (χ0) is 22.0. The van der Waals surface area contributed by atoms with Gasteiger partial charge in [-0.3, -0.25) is 4.90 Å². The zero-order valence-corrected chi connectivity index (χ0v) is 21.7. The molecule has 0 radical (unpaired) electrons. The molecule has 3 aromatic carbocycles. The molecule has 2 atom stereocenters. The van der Waals surface area contributed by atoms with Crippen LogP contribution in [0.3, 0.4) is 0 Å². The van der Waals surface area contributed by atoms with Crippen LogP contribution in [0.1, 0.15) is 30.0 Å². The van der Waals surface area contributed by atoms with Gasteiger partial charge >= 0.3 is 0 Å². The van der Waals surface area contributed by atoms with Crippen LogP contribution in [0.5, 0.6) is 0 Å². The molecule has 0 bridgehead atoms. The Labute approximate surface area is 213 Å². The Hall–Kier alpha value is -0.980. The van der Waals surface area contributed by atoms with Gasteiger partial charge in [0.05, 0.1) is 16.8 Å². The van der Waals surface area contributed by atoms with Gasteiger partial charge in [-0.05, 0) is 82.1 Å². The van der Waals surface area contributed by atoms with Crippen LogP contribution in [0.4, 0.5) is 5.69 Å². The van der Waals surface area contributed by atoms with E-state index >= 15 is 0 Å². The molecular formula is C25H24Cl3IN2. The zero-order valence-electron chi connectivity index (χ0n) is 17.2. The van der Waals surface area contributed by atoms with Crippen molar-refractivity contribution in [2.75, 3.05) is 31.1 Å². The van der Waals surface area contributed by atoms with Gasteiger partial charge in [0, 0.05) is 39.8 Å².